The summed E-state index contributed by atoms with van der Waals surface area (Å²) in [5.74, 6) is -1.36. The van der Waals surface area contributed by atoms with Crippen LogP contribution in [0.25, 0.3) is 10.9 Å². The number of pyridine rings is 1. The summed E-state index contributed by atoms with van der Waals surface area (Å²) in [6.07, 6.45) is 3.07. The van der Waals surface area contributed by atoms with E-state index in [1.54, 1.807) is 24.3 Å². The minimum atomic E-state index is -1.13. The van der Waals surface area contributed by atoms with Crippen molar-refractivity contribution in [3.63, 3.8) is 0 Å². The van der Waals surface area contributed by atoms with Crippen molar-refractivity contribution in [2.24, 2.45) is 0 Å². The fraction of sp³-hybridized carbons (Fsp3) is 0.176. The lowest BCUT2D eigenvalue weighted by atomic mass is 10.1. The highest BCUT2D eigenvalue weighted by molar-refractivity contribution is 6.07. The van der Waals surface area contributed by atoms with Crippen molar-refractivity contribution in [3.8, 4) is 5.88 Å². The lowest BCUT2D eigenvalue weighted by molar-refractivity contribution is -0.139. The van der Waals surface area contributed by atoms with Crippen LogP contribution >= 0.6 is 0 Å². The van der Waals surface area contributed by atoms with Crippen LogP contribution in [0, 0.1) is 0 Å². The van der Waals surface area contributed by atoms with Crippen LogP contribution < -0.4 is 10.1 Å². The van der Waals surface area contributed by atoms with E-state index in [1.807, 2.05) is 0 Å². The number of methoxy groups -OCH3 is 1. The van der Waals surface area contributed by atoms with Crippen molar-refractivity contribution >= 4 is 22.8 Å². The molecule has 25 heavy (non-hydrogen) atoms. The van der Waals surface area contributed by atoms with Crippen molar-refractivity contribution in [2.75, 3.05) is 7.11 Å². The summed E-state index contributed by atoms with van der Waals surface area (Å²) >= 11 is 0. The Morgan fingerprint density at radius 2 is 2.16 bits per heavy atom. The number of aliphatic carboxylic acids is 1. The van der Waals surface area contributed by atoms with Crippen LogP contribution in [0.4, 0.5) is 0 Å². The number of carboxylic acids is 1. The summed E-state index contributed by atoms with van der Waals surface area (Å²) < 4.78 is 5.13. The van der Waals surface area contributed by atoms with Crippen LogP contribution in [-0.4, -0.2) is 45.1 Å². The molecular formula is C17H16N4O4. The standard InChI is InChI=1S/C17H16N4O4/c1-25-15-7-12(11-4-2-3-5-13(11)20-15)16(22)21-14(17(23)24)6-10-8-18-9-19-10/h2-5,7-9,14H,6H2,1H3,(H,18,19)(H,21,22)(H,23,24)/t14-/m0/s1. The number of ether oxygens (including phenoxy) is 1. The second kappa shape index (κ2) is 7.00. The molecule has 0 unspecified atom stereocenters. The van der Waals surface area contributed by atoms with Gasteiger partial charge in [0.15, 0.2) is 0 Å². The van der Waals surface area contributed by atoms with Gasteiger partial charge in [0.05, 0.1) is 24.5 Å². The SMILES string of the molecule is COc1cc(C(=O)N[C@@H](Cc2cnc[nH]2)C(=O)O)c2ccccc2n1. The van der Waals surface area contributed by atoms with E-state index in [0.29, 0.717) is 22.2 Å². The zero-order chi connectivity index (χ0) is 17.8. The third-order valence-electron chi connectivity index (χ3n) is 3.73. The van der Waals surface area contributed by atoms with Gasteiger partial charge in [-0.1, -0.05) is 18.2 Å². The lowest BCUT2D eigenvalue weighted by Crippen LogP contribution is -2.42. The Kier molecular flexibility index (Phi) is 4.60. The molecule has 8 nitrogen and oxygen atoms in total. The molecule has 0 spiro atoms. The fourth-order valence-electron chi connectivity index (χ4n) is 2.50. The Hall–Kier alpha value is -3.42. The number of benzene rings is 1. The molecule has 0 aliphatic rings. The Balaban J connectivity index is 1.91. The molecule has 0 fully saturated rings. The summed E-state index contributed by atoms with van der Waals surface area (Å²) in [5, 5.41) is 12.6. The number of carbonyl (C=O) groups is 2. The van der Waals surface area contributed by atoms with Crippen molar-refractivity contribution in [3.05, 3.63) is 54.1 Å². The highest BCUT2D eigenvalue weighted by Crippen LogP contribution is 2.22. The summed E-state index contributed by atoms with van der Waals surface area (Å²) in [6.45, 7) is 0. The first kappa shape index (κ1) is 16.4. The molecule has 1 amide bonds. The molecule has 2 heterocycles. The van der Waals surface area contributed by atoms with Crippen LogP contribution in [0.3, 0.4) is 0 Å². The van der Waals surface area contributed by atoms with E-state index in [0.717, 1.165) is 0 Å². The van der Waals surface area contributed by atoms with Gasteiger partial charge < -0.3 is 20.1 Å². The van der Waals surface area contributed by atoms with Gasteiger partial charge >= 0.3 is 5.97 Å². The van der Waals surface area contributed by atoms with Gasteiger partial charge in [-0.05, 0) is 6.07 Å². The predicted octanol–water partition coefficient (Wildman–Crippen LogP) is 1.39. The zero-order valence-corrected chi connectivity index (χ0v) is 13.4. The van der Waals surface area contributed by atoms with E-state index in [2.05, 4.69) is 20.3 Å². The van der Waals surface area contributed by atoms with E-state index in [4.69, 9.17) is 4.74 Å². The molecule has 2 aromatic heterocycles. The second-order valence-corrected chi connectivity index (χ2v) is 5.37. The number of hydrogen-bond acceptors (Lipinski definition) is 5. The number of aromatic nitrogens is 3. The molecule has 0 aliphatic carbocycles. The maximum Gasteiger partial charge on any atom is 0.326 e. The van der Waals surface area contributed by atoms with Crippen molar-refractivity contribution in [1.82, 2.24) is 20.3 Å². The minimum Gasteiger partial charge on any atom is -0.481 e. The molecule has 128 valence electrons. The van der Waals surface area contributed by atoms with E-state index in [1.165, 1.54) is 25.7 Å². The van der Waals surface area contributed by atoms with Gasteiger partial charge in [0.1, 0.15) is 6.04 Å². The number of carboxylic acid groups (broad SMARTS) is 1. The zero-order valence-electron chi connectivity index (χ0n) is 13.4. The third kappa shape index (κ3) is 3.57. The maximum atomic E-state index is 12.7. The number of nitrogens with zero attached hydrogens (tertiary/aromatic N) is 2. The smallest absolute Gasteiger partial charge is 0.326 e. The van der Waals surface area contributed by atoms with Crippen LogP contribution in [-0.2, 0) is 11.2 Å². The van der Waals surface area contributed by atoms with Crippen LogP contribution in [0.2, 0.25) is 0 Å². The molecule has 8 heteroatoms. The number of hydrogen-bond donors (Lipinski definition) is 3. The van der Waals surface area contributed by atoms with Crippen LogP contribution in [0.15, 0.2) is 42.9 Å². The van der Waals surface area contributed by atoms with Crippen molar-refractivity contribution in [2.45, 2.75) is 12.5 Å². The number of carbonyl (C=O) groups excluding carboxylic acids is 1. The number of rotatable bonds is 6. The summed E-state index contributed by atoms with van der Waals surface area (Å²) in [5.41, 5.74) is 1.51. The molecule has 3 aromatic rings. The first-order valence-electron chi connectivity index (χ1n) is 7.53. The van der Waals surface area contributed by atoms with Gasteiger partial charge in [0, 0.05) is 29.8 Å². The molecule has 1 aromatic carbocycles. The normalized spacial score (nSPS) is 11.9. The predicted molar refractivity (Wildman–Crippen MR) is 89.5 cm³/mol. The molecule has 1 atom stereocenters. The summed E-state index contributed by atoms with van der Waals surface area (Å²) in [7, 11) is 1.46. The molecule has 0 saturated heterocycles. The van der Waals surface area contributed by atoms with Crippen LogP contribution in [0.1, 0.15) is 16.1 Å². The van der Waals surface area contributed by atoms with Gasteiger partial charge in [0.2, 0.25) is 5.88 Å². The number of aromatic amines is 1. The first-order valence-corrected chi connectivity index (χ1v) is 7.53. The lowest BCUT2D eigenvalue weighted by Gasteiger charge is -2.15. The number of H-pyrrole nitrogens is 1. The Labute approximate surface area is 142 Å². The molecule has 0 bridgehead atoms. The van der Waals surface area contributed by atoms with E-state index in [9.17, 15) is 14.7 Å². The molecule has 0 saturated carbocycles. The highest BCUT2D eigenvalue weighted by atomic mass is 16.5. The quantitative estimate of drug-likeness (QED) is 0.624. The van der Waals surface area contributed by atoms with Gasteiger partial charge in [-0.3, -0.25) is 4.79 Å². The average molecular weight is 340 g/mol. The van der Waals surface area contributed by atoms with Gasteiger partial charge in [0.25, 0.3) is 5.91 Å². The monoisotopic (exact) mass is 340 g/mol. The van der Waals surface area contributed by atoms with Gasteiger partial charge in [-0.15, -0.1) is 0 Å². The number of para-hydroxylation sites is 1. The molecular weight excluding hydrogens is 324 g/mol. The maximum absolute atomic E-state index is 12.7. The van der Waals surface area contributed by atoms with E-state index in [-0.39, 0.29) is 12.3 Å². The largest absolute Gasteiger partial charge is 0.481 e. The third-order valence-corrected chi connectivity index (χ3v) is 3.73. The second-order valence-electron chi connectivity index (χ2n) is 5.37. The fourth-order valence-corrected chi connectivity index (χ4v) is 2.50. The number of imidazole rings is 1. The molecule has 3 rings (SSSR count). The molecule has 0 aliphatic heterocycles. The topological polar surface area (TPSA) is 117 Å². The Morgan fingerprint density at radius 3 is 2.84 bits per heavy atom. The number of amides is 1. The first-order chi connectivity index (χ1) is 12.1. The summed E-state index contributed by atoms with van der Waals surface area (Å²) in [6, 6.07) is 7.49. The average Bonchev–Trinajstić information content (AvgIpc) is 3.13. The van der Waals surface area contributed by atoms with Crippen molar-refractivity contribution < 1.29 is 19.4 Å². The highest BCUT2D eigenvalue weighted by Gasteiger charge is 2.23. The van der Waals surface area contributed by atoms with E-state index < -0.39 is 17.9 Å². The number of fused-ring (bicyclic) bond motifs is 1. The Bertz CT molecular complexity index is 908. The molecule has 3 N–H and O–H groups in total. The van der Waals surface area contributed by atoms with Gasteiger partial charge in [-0.2, -0.15) is 0 Å². The van der Waals surface area contributed by atoms with Gasteiger partial charge in [-0.25, -0.2) is 14.8 Å². The minimum absolute atomic E-state index is 0.0984. The Morgan fingerprint density at radius 1 is 1.36 bits per heavy atom. The molecule has 0 radical (unpaired) electrons. The van der Waals surface area contributed by atoms with Crippen molar-refractivity contribution in [1.29, 1.82) is 0 Å². The van der Waals surface area contributed by atoms with E-state index >= 15 is 0 Å². The van der Waals surface area contributed by atoms with Crippen LogP contribution in [0.5, 0.6) is 5.88 Å². The number of nitrogens with one attached hydrogen (secondary N) is 2. The summed E-state index contributed by atoms with van der Waals surface area (Å²) in [4.78, 5) is 35.1.